The topological polar surface area (TPSA) is 30.0 Å². The van der Waals surface area contributed by atoms with Gasteiger partial charge in [-0.1, -0.05) is 45.0 Å². The molecule has 0 amide bonds. The van der Waals surface area contributed by atoms with Gasteiger partial charge in [-0.15, -0.1) is 11.3 Å². The first-order valence-corrected chi connectivity index (χ1v) is 7.29. The third kappa shape index (κ3) is 3.51. The number of rotatable bonds is 3. The van der Waals surface area contributed by atoms with Gasteiger partial charge in [0, 0.05) is 16.6 Å². The predicted molar refractivity (Wildman–Crippen MR) is 80.0 cm³/mol. The summed E-state index contributed by atoms with van der Waals surface area (Å²) in [5.41, 5.74) is 3.11. The fourth-order valence-electron chi connectivity index (χ4n) is 1.88. The van der Waals surface area contributed by atoms with Crippen LogP contribution in [0, 0.1) is 6.92 Å². The van der Waals surface area contributed by atoms with Crippen LogP contribution in [0.5, 0.6) is 0 Å². The number of benzene rings is 1. The third-order valence-corrected chi connectivity index (χ3v) is 4.02. The fourth-order valence-corrected chi connectivity index (χ4v) is 2.65. The molecule has 2 aromatic rings. The number of ketones is 1. The van der Waals surface area contributed by atoms with Crippen molar-refractivity contribution in [2.75, 3.05) is 0 Å². The molecule has 0 aliphatic heterocycles. The minimum absolute atomic E-state index is 0.119. The largest absolute Gasteiger partial charge is 0.294 e. The number of carbonyl (C=O) groups excluding carboxylic acids is 1. The zero-order valence-corrected chi connectivity index (χ0v) is 12.7. The molecule has 1 aromatic carbocycles. The van der Waals surface area contributed by atoms with E-state index in [2.05, 4.69) is 25.8 Å². The van der Waals surface area contributed by atoms with Crippen LogP contribution in [-0.2, 0) is 11.8 Å². The summed E-state index contributed by atoms with van der Waals surface area (Å²) in [6.45, 7) is 8.45. The molecule has 0 spiro atoms. The normalized spacial score (nSPS) is 11.6. The molecule has 0 N–H and O–H groups in total. The zero-order valence-electron chi connectivity index (χ0n) is 11.9. The lowest BCUT2D eigenvalue weighted by molar-refractivity contribution is 0.0993. The minimum Gasteiger partial charge on any atom is -0.294 e. The van der Waals surface area contributed by atoms with Crippen LogP contribution in [0.25, 0.3) is 0 Å². The Bertz CT molecular complexity index is 576. The highest BCUT2D eigenvalue weighted by molar-refractivity contribution is 7.09. The van der Waals surface area contributed by atoms with E-state index in [1.807, 2.05) is 36.6 Å². The molecule has 1 aromatic heterocycles. The SMILES string of the molecule is Cc1csc(CC(=O)c2ccc(C(C)(C)C)cc2)n1. The molecule has 0 bridgehead atoms. The van der Waals surface area contributed by atoms with Gasteiger partial charge in [0.25, 0.3) is 0 Å². The highest BCUT2D eigenvalue weighted by atomic mass is 32.1. The molecular weight excluding hydrogens is 254 g/mol. The monoisotopic (exact) mass is 273 g/mol. The van der Waals surface area contributed by atoms with Crippen LogP contribution in [0.15, 0.2) is 29.6 Å². The number of nitrogens with zero attached hydrogens (tertiary/aromatic N) is 1. The summed E-state index contributed by atoms with van der Waals surface area (Å²) < 4.78 is 0. The lowest BCUT2D eigenvalue weighted by atomic mass is 9.86. The van der Waals surface area contributed by atoms with E-state index in [9.17, 15) is 4.79 Å². The van der Waals surface area contributed by atoms with E-state index in [1.165, 1.54) is 5.56 Å². The number of hydrogen-bond donors (Lipinski definition) is 0. The Labute approximate surface area is 118 Å². The summed E-state index contributed by atoms with van der Waals surface area (Å²) in [5.74, 6) is 0.134. The summed E-state index contributed by atoms with van der Waals surface area (Å²) in [4.78, 5) is 16.5. The fraction of sp³-hybridized carbons (Fsp3) is 0.375. The van der Waals surface area contributed by atoms with Gasteiger partial charge in [-0.25, -0.2) is 4.98 Å². The lowest BCUT2D eigenvalue weighted by Gasteiger charge is -2.18. The van der Waals surface area contributed by atoms with Crippen molar-refractivity contribution in [1.29, 1.82) is 0 Å². The molecule has 2 rings (SSSR count). The smallest absolute Gasteiger partial charge is 0.169 e. The molecular formula is C16H19NOS. The van der Waals surface area contributed by atoms with Crippen molar-refractivity contribution in [3.8, 4) is 0 Å². The highest BCUT2D eigenvalue weighted by Crippen LogP contribution is 2.22. The Morgan fingerprint density at radius 3 is 2.32 bits per heavy atom. The second kappa shape index (κ2) is 5.25. The Morgan fingerprint density at radius 1 is 1.21 bits per heavy atom. The van der Waals surface area contributed by atoms with Crippen molar-refractivity contribution < 1.29 is 4.79 Å². The quantitative estimate of drug-likeness (QED) is 0.785. The van der Waals surface area contributed by atoms with Gasteiger partial charge in [0.05, 0.1) is 6.42 Å². The van der Waals surface area contributed by atoms with Crippen LogP contribution in [0.3, 0.4) is 0 Å². The molecule has 0 aliphatic carbocycles. The first-order valence-electron chi connectivity index (χ1n) is 6.41. The average molecular weight is 273 g/mol. The Balaban J connectivity index is 2.12. The molecule has 3 heteroatoms. The number of hydrogen-bond acceptors (Lipinski definition) is 3. The summed E-state index contributed by atoms with van der Waals surface area (Å²) >= 11 is 1.55. The third-order valence-electron chi connectivity index (χ3n) is 3.05. The molecule has 2 nitrogen and oxygen atoms in total. The molecule has 0 saturated carbocycles. The van der Waals surface area contributed by atoms with Crippen molar-refractivity contribution in [2.45, 2.75) is 39.5 Å². The summed E-state index contributed by atoms with van der Waals surface area (Å²) in [7, 11) is 0. The van der Waals surface area contributed by atoms with Gasteiger partial charge in [0.15, 0.2) is 5.78 Å². The maximum atomic E-state index is 12.2. The van der Waals surface area contributed by atoms with Gasteiger partial charge in [0.1, 0.15) is 5.01 Å². The average Bonchev–Trinajstić information content (AvgIpc) is 2.74. The van der Waals surface area contributed by atoms with Gasteiger partial charge in [0.2, 0.25) is 0 Å². The number of carbonyl (C=O) groups is 1. The second-order valence-corrected chi connectivity index (χ2v) is 6.75. The van der Waals surface area contributed by atoms with Crippen molar-refractivity contribution in [1.82, 2.24) is 4.98 Å². The van der Waals surface area contributed by atoms with Gasteiger partial charge in [-0.3, -0.25) is 4.79 Å². The summed E-state index contributed by atoms with van der Waals surface area (Å²) in [5, 5.41) is 2.87. The van der Waals surface area contributed by atoms with E-state index in [0.29, 0.717) is 6.42 Å². The Kier molecular flexibility index (Phi) is 3.85. The first kappa shape index (κ1) is 13.9. The van der Waals surface area contributed by atoms with E-state index in [1.54, 1.807) is 11.3 Å². The number of aromatic nitrogens is 1. The zero-order chi connectivity index (χ0) is 14.0. The number of Topliss-reactive ketones (excluding diaryl/α,β-unsaturated/α-hetero) is 1. The van der Waals surface area contributed by atoms with Crippen LogP contribution in [0.1, 0.15) is 47.4 Å². The van der Waals surface area contributed by atoms with E-state index in [0.717, 1.165) is 16.3 Å². The standard InChI is InChI=1S/C16H19NOS/c1-11-10-19-15(17-11)9-14(18)12-5-7-13(8-6-12)16(2,3)4/h5-8,10H,9H2,1-4H3. The molecule has 0 unspecified atom stereocenters. The summed E-state index contributed by atoms with van der Waals surface area (Å²) in [6, 6.07) is 7.92. The van der Waals surface area contributed by atoms with E-state index >= 15 is 0 Å². The van der Waals surface area contributed by atoms with E-state index in [4.69, 9.17) is 0 Å². The van der Waals surface area contributed by atoms with E-state index < -0.39 is 0 Å². The second-order valence-electron chi connectivity index (χ2n) is 5.81. The molecule has 1 heterocycles. The van der Waals surface area contributed by atoms with Crippen LogP contribution < -0.4 is 0 Å². The van der Waals surface area contributed by atoms with Crippen LogP contribution in [-0.4, -0.2) is 10.8 Å². The van der Waals surface area contributed by atoms with Gasteiger partial charge in [-0.05, 0) is 17.9 Å². The molecule has 0 aliphatic rings. The minimum atomic E-state index is 0.119. The van der Waals surface area contributed by atoms with Gasteiger partial charge in [-0.2, -0.15) is 0 Å². The predicted octanol–water partition coefficient (Wildman–Crippen LogP) is 4.17. The van der Waals surface area contributed by atoms with Gasteiger partial charge >= 0.3 is 0 Å². The van der Waals surface area contributed by atoms with E-state index in [-0.39, 0.29) is 11.2 Å². The molecule has 0 radical (unpaired) electrons. The molecule has 0 saturated heterocycles. The molecule has 19 heavy (non-hydrogen) atoms. The van der Waals surface area contributed by atoms with Crippen molar-refractivity contribution in [3.63, 3.8) is 0 Å². The number of aryl methyl sites for hydroxylation is 1. The Morgan fingerprint density at radius 2 is 1.84 bits per heavy atom. The van der Waals surface area contributed by atoms with Crippen LogP contribution in [0.4, 0.5) is 0 Å². The first-order chi connectivity index (χ1) is 8.86. The van der Waals surface area contributed by atoms with Crippen molar-refractivity contribution in [3.05, 3.63) is 51.5 Å². The van der Waals surface area contributed by atoms with Crippen molar-refractivity contribution in [2.24, 2.45) is 0 Å². The Hall–Kier alpha value is -1.48. The molecule has 100 valence electrons. The maximum Gasteiger partial charge on any atom is 0.169 e. The molecule has 0 fully saturated rings. The van der Waals surface area contributed by atoms with Crippen molar-refractivity contribution >= 4 is 17.1 Å². The number of thiazole rings is 1. The summed E-state index contributed by atoms with van der Waals surface area (Å²) in [6.07, 6.45) is 0.396. The van der Waals surface area contributed by atoms with Crippen LogP contribution in [0.2, 0.25) is 0 Å². The lowest BCUT2D eigenvalue weighted by Crippen LogP contribution is -2.11. The molecule has 0 atom stereocenters. The highest BCUT2D eigenvalue weighted by Gasteiger charge is 2.15. The van der Waals surface area contributed by atoms with Gasteiger partial charge < -0.3 is 0 Å². The maximum absolute atomic E-state index is 12.2. The van der Waals surface area contributed by atoms with Crippen LogP contribution >= 0.6 is 11.3 Å².